The van der Waals surface area contributed by atoms with Crippen LogP contribution in [0.5, 0.6) is 0 Å². The van der Waals surface area contributed by atoms with Gasteiger partial charge in [-0.1, -0.05) is 23.2 Å². The summed E-state index contributed by atoms with van der Waals surface area (Å²) < 4.78 is 0. The van der Waals surface area contributed by atoms with Crippen LogP contribution in [0.25, 0.3) is 10.9 Å². The summed E-state index contributed by atoms with van der Waals surface area (Å²) in [6.07, 6.45) is 1.43. The van der Waals surface area contributed by atoms with E-state index in [0.29, 0.717) is 41.7 Å². The fourth-order valence-electron chi connectivity index (χ4n) is 2.65. The zero-order valence-electron chi connectivity index (χ0n) is 11.2. The molecule has 3 rings (SSSR count). The van der Waals surface area contributed by atoms with E-state index in [1.54, 1.807) is 17.0 Å². The molecule has 1 aliphatic rings. The van der Waals surface area contributed by atoms with Gasteiger partial charge in [0, 0.05) is 34.9 Å². The van der Waals surface area contributed by atoms with Crippen molar-refractivity contribution in [2.75, 3.05) is 13.1 Å². The third kappa shape index (κ3) is 2.59. The fraction of sp³-hybridized carbons (Fsp3) is 0.333. The molecule has 108 valence electrons. The molecule has 0 saturated carbocycles. The number of nitrogens with zero attached hydrogens (tertiary/aromatic N) is 2. The number of nitriles is 1. The average Bonchev–Trinajstić information content (AvgIpc) is 2.83. The number of piperidine rings is 1. The molecular formula is C15H13Cl2N3O. The molecule has 1 aliphatic heterocycles. The predicted octanol–water partition coefficient (Wildman–Crippen LogP) is 3.85. The van der Waals surface area contributed by atoms with Crippen LogP contribution in [0.1, 0.15) is 23.3 Å². The first-order valence-corrected chi connectivity index (χ1v) is 7.51. The second kappa shape index (κ2) is 5.59. The second-order valence-corrected chi connectivity index (χ2v) is 6.01. The SMILES string of the molecule is N#CC1CCN(C(=O)c2[nH]c3ccc(Cl)cc3c2Cl)CC1. The minimum absolute atomic E-state index is 0.0473. The van der Waals surface area contributed by atoms with Crippen LogP contribution in [0.15, 0.2) is 18.2 Å². The van der Waals surface area contributed by atoms with Gasteiger partial charge >= 0.3 is 0 Å². The lowest BCUT2D eigenvalue weighted by atomic mass is 9.98. The Morgan fingerprint density at radius 1 is 1.33 bits per heavy atom. The third-order valence-corrected chi connectivity index (χ3v) is 4.50. The van der Waals surface area contributed by atoms with Crippen LogP contribution in [-0.4, -0.2) is 28.9 Å². The van der Waals surface area contributed by atoms with Gasteiger partial charge in [0.1, 0.15) is 5.69 Å². The van der Waals surface area contributed by atoms with Crippen molar-refractivity contribution < 1.29 is 4.79 Å². The lowest BCUT2D eigenvalue weighted by Gasteiger charge is -2.28. The molecular weight excluding hydrogens is 309 g/mol. The van der Waals surface area contributed by atoms with Crippen LogP contribution in [0.3, 0.4) is 0 Å². The third-order valence-electron chi connectivity index (χ3n) is 3.88. The number of aromatic nitrogens is 1. The Balaban J connectivity index is 1.89. The number of hydrogen-bond acceptors (Lipinski definition) is 2. The van der Waals surface area contributed by atoms with Gasteiger partial charge < -0.3 is 9.88 Å². The van der Waals surface area contributed by atoms with Crippen LogP contribution in [0.4, 0.5) is 0 Å². The van der Waals surface area contributed by atoms with Crippen molar-refractivity contribution in [3.05, 3.63) is 33.9 Å². The van der Waals surface area contributed by atoms with Crippen molar-refractivity contribution >= 4 is 40.0 Å². The summed E-state index contributed by atoms with van der Waals surface area (Å²) in [5.41, 5.74) is 1.18. The van der Waals surface area contributed by atoms with Gasteiger partial charge in [-0.05, 0) is 31.0 Å². The molecule has 0 bridgehead atoms. The van der Waals surface area contributed by atoms with E-state index in [2.05, 4.69) is 11.1 Å². The van der Waals surface area contributed by atoms with E-state index in [-0.39, 0.29) is 11.8 Å². The summed E-state index contributed by atoms with van der Waals surface area (Å²) in [4.78, 5) is 17.4. The molecule has 1 saturated heterocycles. The van der Waals surface area contributed by atoms with Crippen molar-refractivity contribution in [2.45, 2.75) is 12.8 Å². The molecule has 1 N–H and O–H groups in total. The predicted molar refractivity (Wildman–Crippen MR) is 82.6 cm³/mol. The molecule has 0 aliphatic carbocycles. The largest absolute Gasteiger partial charge is 0.349 e. The van der Waals surface area contributed by atoms with Gasteiger partial charge in [-0.2, -0.15) is 5.26 Å². The van der Waals surface area contributed by atoms with Crippen molar-refractivity contribution in [3.8, 4) is 6.07 Å². The summed E-state index contributed by atoms with van der Waals surface area (Å²) in [5, 5.41) is 10.6. The highest BCUT2D eigenvalue weighted by molar-refractivity contribution is 6.39. The van der Waals surface area contributed by atoms with Gasteiger partial charge in [0.15, 0.2) is 0 Å². The highest BCUT2D eigenvalue weighted by Gasteiger charge is 2.26. The van der Waals surface area contributed by atoms with Crippen molar-refractivity contribution in [1.29, 1.82) is 5.26 Å². The van der Waals surface area contributed by atoms with Crippen LogP contribution < -0.4 is 0 Å². The summed E-state index contributed by atoms with van der Waals surface area (Å²) in [7, 11) is 0. The number of carbonyl (C=O) groups excluding carboxylic acids is 1. The molecule has 0 atom stereocenters. The fourth-order valence-corrected chi connectivity index (χ4v) is 3.10. The molecule has 1 amide bonds. The minimum Gasteiger partial charge on any atom is -0.349 e. The van der Waals surface area contributed by atoms with Crippen LogP contribution in [-0.2, 0) is 0 Å². The zero-order chi connectivity index (χ0) is 15.0. The minimum atomic E-state index is -0.122. The highest BCUT2D eigenvalue weighted by atomic mass is 35.5. The number of benzene rings is 1. The number of H-pyrrole nitrogens is 1. The maximum atomic E-state index is 12.6. The van der Waals surface area contributed by atoms with Crippen molar-refractivity contribution in [1.82, 2.24) is 9.88 Å². The molecule has 4 nitrogen and oxygen atoms in total. The van der Waals surface area contributed by atoms with Crippen molar-refractivity contribution in [3.63, 3.8) is 0 Å². The number of likely N-dealkylation sites (tertiary alicyclic amines) is 1. The molecule has 21 heavy (non-hydrogen) atoms. The van der Waals surface area contributed by atoms with Gasteiger partial charge in [0.25, 0.3) is 5.91 Å². The van der Waals surface area contributed by atoms with Gasteiger partial charge in [0.05, 0.1) is 11.1 Å². The molecule has 1 aromatic carbocycles. The Morgan fingerprint density at radius 2 is 2.05 bits per heavy atom. The number of amides is 1. The van der Waals surface area contributed by atoms with Gasteiger partial charge in [-0.25, -0.2) is 0 Å². The topological polar surface area (TPSA) is 59.9 Å². The number of rotatable bonds is 1. The summed E-state index contributed by atoms with van der Waals surface area (Å²) in [6, 6.07) is 7.56. The Bertz CT molecular complexity index is 739. The maximum absolute atomic E-state index is 12.6. The zero-order valence-corrected chi connectivity index (χ0v) is 12.7. The maximum Gasteiger partial charge on any atom is 0.271 e. The van der Waals surface area contributed by atoms with Crippen molar-refractivity contribution in [2.24, 2.45) is 5.92 Å². The van der Waals surface area contributed by atoms with Gasteiger partial charge in [-0.3, -0.25) is 4.79 Å². The quantitative estimate of drug-likeness (QED) is 0.867. The number of fused-ring (bicyclic) bond motifs is 1. The van der Waals surface area contributed by atoms with E-state index >= 15 is 0 Å². The number of hydrogen-bond donors (Lipinski definition) is 1. The number of nitrogens with one attached hydrogen (secondary N) is 1. The Kier molecular flexibility index (Phi) is 3.79. The molecule has 6 heteroatoms. The lowest BCUT2D eigenvalue weighted by Crippen LogP contribution is -2.38. The van der Waals surface area contributed by atoms with Gasteiger partial charge in [-0.15, -0.1) is 0 Å². The second-order valence-electron chi connectivity index (χ2n) is 5.20. The standard InChI is InChI=1S/C15H13Cl2N3O/c16-10-1-2-12-11(7-10)13(17)14(19-12)15(21)20-5-3-9(8-18)4-6-20/h1-2,7,9,19H,3-6H2. The van der Waals surface area contributed by atoms with Crippen LogP contribution in [0.2, 0.25) is 10.0 Å². The van der Waals surface area contributed by atoms with E-state index in [9.17, 15) is 4.79 Å². The molecule has 2 heterocycles. The highest BCUT2D eigenvalue weighted by Crippen LogP contribution is 2.31. The first-order chi connectivity index (χ1) is 10.1. The molecule has 0 unspecified atom stereocenters. The Morgan fingerprint density at radius 3 is 2.71 bits per heavy atom. The lowest BCUT2D eigenvalue weighted by molar-refractivity contribution is 0.0702. The normalized spacial score (nSPS) is 16.1. The van der Waals surface area contributed by atoms with E-state index in [0.717, 1.165) is 10.9 Å². The van der Waals surface area contributed by atoms with Crippen LogP contribution in [0, 0.1) is 17.2 Å². The Labute approximate surface area is 132 Å². The monoisotopic (exact) mass is 321 g/mol. The number of carbonyl (C=O) groups is 1. The van der Waals surface area contributed by atoms with Crippen LogP contribution >= 0.6 is 23.2 Å². The summed E-state index contributed by atoms with van der Waals surface area (Å²) in [5.74, 6) is -0.0743. The number of aromatic amines is 1. The molecule has 0 spiro atoms. The van der Waals surface area contributed by atoms with E-state index in [1.807, 2.05) is 6.07 Å². The smallest absolute Gasteiger partial charge is 0.271 e. The molecule has 1 fully saturated rings. The first kappa shape index (κ1) is 14.2. The van der Waals surface area contributed by atoms with Gasteiger partial charge in [0.2, 0.25) is 0 Å². The molecule has 0 radical (unpaired) electrons. The van der Waals surface area contributed by atoms with E-state index in [1.165, 1.54) is 0 Å². The Hall–Kier alpha value is -1.70. The van der Waals surface area contributed by atoms with E-state index < -0.39 is 0 Å². The van der Waals surface area contributed by atoms with E-state index in [4.69, 9.17) is 28.5 Å². The summed E-state index contributed by atoms with van der Waals surface area (Å²) in [6.45, 7) is 1.17. The molecule has 2 aromatic rings. The molecule has 1 aromatic heterocycles. The summed E-state index contributed by atoms with van der Waals surface area (Å²) >= 11 is 12.3. The number of halogens is 2. The first-order valence-electron chi connectivity index (χ1n) is 6.75. The average molecular weight is 322 g/mol.